The van der Waals surface area contributed by atoms with Gasteiger partial charge in [0.25, 0.3) is 5.56 Å². The summed E-state index contributed by atoms with van der Waals surface area (Å²) in [5.74, 6) is 5.17. The molecular weight excluding hydrogens is 516 g/mol. The van der Waals surface area contributed by atoms with Crippen molar-refractivity contribution >= 4 is 44.2 Å². The molecule has 0 aliphatic heterocycles. The number of methoxy groups -OCH3 is 1. The highest BCUT2D eigenvalue weighted by Crippen LogP contribution is 2.30. The van der Waals surface area contributed by atoms with E-state index in [2.05, 4.69) is 27.5 Å². The van der Waals surface area contributed by atoms with Crippen LogP contribution in [0.3, 0.4) is 0 Å². The number of carbonyl (C=O) groups excluding carboxylic acids is 2. The summed E-state index contributed by atoms with van der Waals surface area (Å²) in [7, 11) is 0.275. The second kappa shape index (κ2) is 10.3. The van der Waals surface area contributed by atoms with Gasteiger partial charge in [0, 0.05) is 50.3 Å². The normalized spacial score (nSPS) is 13.2. The number of aryl methyl sites for hydroxylation is 1. The molecule has 0 radical (unpaired) electrons. The van der Waals surface area contributed by atoms with Gasteiger partial charge in [0.2, 0.25) is 26.8 Å². The van der Waals surface area contributed by atoms with Crippen LogP contribution in [0.5, 0.6) is 0 Å². The lowest BCUT2D eigenvalue weighted by molar-refractivity contribution is -0.119. The zero-order chi connectivity index (χ0) is 27.8. The van der Waals surface area contributed by atoms with E-state index in [0.717, 1.165) is 32.8 Å². The maximum absolute atomic E-state index is 12.9. The van der Waals surface area contributed by atoms with Crippen LogP contribution in [-0.4, -0.2) is 58.9 Å². The number of nitrogens with zero attached hydrogens (tertiary/aromatic N) is 4. The summed E-state index contributed by atoms with van der Waals surface area (Å²) in [6.07, 6.45) is 2.60. The molecule has 2 heterocycles. The van der Waals surface area contributed by atoms with Crippen molar-refractivity contribution in [3.8, 4) is 11.8 Å². The van der Waals surface area contributed by atoms with Crippen LogP contribution in [0, 0.1) is 17.8 Å². The van der Waals surface area contributed by atoms with E-state index >= 15 is 0 Å². The first-order valence-electron chi connectivity index (χ1n) is 11.5. The van der Waals surface area contributed by atoms with Crippen molar-refractivity contribution in [2.75, 3.05) is 30.6 Å². The fourth-order valence-electron chi connectivity index (χ4n) is 3.87. The molecule has 1 fully saturated rings. The Balaban J connectivity index is 1.73. The molecule has 200 valence electrons. The average Bonchev–Trinajstić information content (AvgIpc) is 3.62. The summed E-state index contributed by atoms with van der Waals surface area (Å²) in [6.45, 7) is -0.376. The summed E-state index contributed by atoms with van der Waals surface area (Å²) in [4.78, 5) is 53.9. The first-order valence-corrected chi connectivity index (χ1v) is 13.4. The van der Waals surface area contributed by atoms with Crippen molar-refractivity contribution in [3.63, 3.8) is 0 Å². The Morgan fingerprint density at radius 3 is 2.37 bits per heavy atom. The van der Waals surface area contributed by atoms with Crippen molar-refractivity contribution in [2.45, 2.75) is 24.5 Å². The monoisotopic (exact) mass is 542 g/mol. The van der Waals surface area contributed by atoms with Crippen LogP contribution in [0.4, 0.5) is 11.4 Å². The summed E-state index contributed by atoms with van der Waals surface area (Å²) in [5.41, 5.74) is -0.309. The Hall–Kier alpha value is -4.22. The first-order chi connectivity index (χ1) is 17.9. The van der Waals surface area contributed by atoms with Gasteiger partial charge in [0.05, 0.1) is 6.54 Å². The van der Waals surface area contributed by atoms with Gasteiger partial charge in [-0.2, -0.15) is 4.98 Å². The van der Waals surface area contributed by atoms with E-state index in [1.807, 2.05) is 0 Å². The molecule has 0 saturated heterocycles. The number of benzene rings is 1. The Bertz CT molecular complexity index is 1750. The number of carbonyl (C=O) groups is 2. The minimum Gasteiger partial charge on any atom is -0.375 e. The van der Waals surface area contributed by atoms with E-state index < -0.39 is 27.0 Å². The Morgan fingerprint density at radius 1 is 1.11 bits per heavy atom. The van der Waals surface area contributed by atoms with Crippen molar-refractivity contribution in [3.05, 3.63) is 44.6 Å². The molecule has 14 heteroatoms. The molecule has 1 aliphatic rings. The second-order valence-electron chi connectivity index (χ2n) is 8.98. The van der Waals surface area contributed by atoms with Gasteiger partial charge in [-0.3, -0.25) is 23.5 Å². The molecule has 2 amide bonds. The van der Waals surface area contributed by atoms with Crippen LogP contribution in [-0.2, 0) is 44.8 Å². The van der Waals surface area contributed by atoms with E-state index in [1.165, 1.54) is 21.2 Å². The predicted octanol–water partition coefficient (Wildman–Crippen LogP) is -0.178. The number of amides is 2. The third-order valence-electron chi connectivity index (χ3n) is 5.83. The van der Waals surface area contributed by atoms with E-state index in [1.54, 1.807) is 18.2 Å². The van der Waals surface area contributed by atoms with Crippen LogP contribution >= 0.6 is 0 Å². The largest absolute Gasteiger partial charge is 0.375 e. The van der Waals surface area contributed by atoms with E-state index in [0.29, 0.717) is 16.9 Å². The van der Waals surface area contributed by atoms with Crippen LogP contribution in [0.15, 0.2) is 32.9 Å². The second-order valence-corrected chi connectivity index (χ2v) is 10.9. The summed E-state index contributed by atoms with van der Waals surface area (Å²) >= 11 is 0. The number of imidazole rings is 1. The van der Waals surface area contributed by atoms with Gasteiger partial charge in [-0.05, 0) is 31.0 Å². The minimum atomic E-state index is -3.78. The summed E-state index contributed by atoms with van der Waals surface area (Å²) in [6, 6.07) is 4.82. The highest BCUT2D eigenvalue weighted by atomic mass is 32.2. The number of ether oxygens (including phenoxy) is 1. The standard InChI is InChI=1S/C24H26N6O7S/c1-28-19-20(27-23(28)38(4,35)36)30(24(34)29(2)22(19)33)9-5-6-14-10-16(25-18(31)13-37-3)12-17(11-14)26-21(32)15-7-8-15/h10-12,15H,7-9,13H2,1-4H3,(H,25,31)(H,26,32). The number of hydrogen-bond acceptors (Lipinski definition) is 8. The zero-order valence-electron chi connectivity index (χ0n) is 21.2. The number of fused-ring (bicyclic) bond motifs is 1. The molecule has 13 nitrogen and oxygen atoms in total. The Morgan fingerprint density at radius 2 is 1.76 bits per heavy atom. The van der Waals surface area contributed by atoms with Gasteiger partial charge in [0.1, 0.15) is 6.61 Å². The molecule has 1 aromatic carbocycles. The Kier molecular flexibility index (Phi) is 7.25. The molecule has 2 N–H and O–H groups in total. The van der Waals surface area contributed by atoms with Gasteiger partial charge in [-0.25, -0.2) is 13.2 Å². The molecule has 4 rings (SSSR count). The third-order valence-corrected chi connectivity index (χ3v) is 6.85. The zero-order valence-corrected chi connectivity index (χ0v) is 22.0. The highest BCUT2D eigenvalue weighted by Gasteiger charge is 2.29. The number of aromatic nitrogens is 4. The molecule has 38 heavy (non-hydrogen) atoms. The molecular formula is C24H26N6O7S. The lowest BCUT2D eigenvalue weighted by Gasteiger charge is -2.10. The fourth-order valence-corrected chi connectivity index (χ4v) is 4.71. The number of nitrogens with one attached hydrogen (secondary N) is 2. The average molecular weight is 543 g/mol. The van der Waals surface area contributed by atoms with Gasteiger partial charge in [0.15, 0.2) is 11.2 Å². The van der Waals surface area contributed by atoms with E-state index in [9.17, 15) is 27.6 Å². The number of rotatable bonds is 7. The number of anilines is 2. The fraction of sp³-hybridized carbons (Fsp3) is 0.375. The van der Waals surface area contributed by atoms with Crippen LogP contribution in [0.1, 0.15) is 18.4 Å². The molecule has 0 unspecified atom stereocenters. The molecule has 0 atom stereocenters. The first kappa shape index (κ1) is 26.8. The van der Waals surface area contributed by atoms with Crippen molar-refractivity contribution in [1.82, 2.24) is 18.7 Å². The van der Waals surface area contributed by atoms with Crippen LogP contribution < -0.4 is 21.9 Å². The topological polar surface area (TPSA) is 163 Å². The Labute approximate surface area is 217 Å². The van der Waals surface area contributed by atoms with Gasteiger partial charge >= 0.3 is 5.69 Å². The number of hydrogen-bond donors (Lipinski definition) is 2. The highest BCUT2D eigenvalue weighted by molar-refractivity contribution is 7.90. The molecule has 3 aromatic rings. The molecule has 0 spiro atoms. The molecule has 1 aliphatic carbocycles. The van der Waals surface area contributed by atoms with Crippen molar-refractivity contribution < 1.29 is 22.7 Å². The quantitative estimate of drug-likeness (QED) is 0.389. The lowest BCUT2D eigenvalue weighted by Crippen LogP contribution is -2.38. The van der Waals surface area contributed by atoms with Gasteiger partial charge < -0.3 is 19.9 Å². The minimum absolute atomic E-state index is 0.0366. The van der Waals surface area contributed by atoms with Crippen LogP contribution in [0.25, 0.3) is 11.2 Å². The summed E-state index contributed by atoms with van der Waals surface area (Å²) in [5, 5.41) is 5.14. The third kappa shape index (κ3) is 5.53. The van der Waals surface area contributed by atoms with Crippen molar-refractivity contribution in [1.29, 1.82) is 0 Å². The SMILES string of the molecule is COCC(=O)Nc1cc(C#CCn2c(=O)n(C)c(=O)c3c2nc(S(C)(=O)=O)n3C)cc(NC(=O)C2CC2)c1. The van der Waals surface area contributed by atoms with E-state index in [-0.39, 0.29) is 41.3 Å². The summed E-state index contributed by atoms with van der Waals surface area (Å²) < 4.78 is 32.2. The maximum Gasteiger partial charge on any atom is 0.333 e. The van der Waals surface area contributed by atoms with Crippen LogP contribution in [0.2, 0.25) is 0 Å². The molecule has 0 bridgehead atoms. The van der Waals surface area contributed by atoms with Gasteiger partial charge in [-0.1, -0.05) is 11.8 Å². The predicted molar refractivity (Wildman–Crippen MR) is 139 cm³/mol. The molecule has 2 aromatic heterocycles. The smallest absolute Gasteiger partial charge is 0.333 e. The number of sulfone groups is 1. The van der Waals surface area contributed by atoms with Gasteiger partial charge in [-0.15, -0.1) is 0 Å². The lowest BCUT2D eigenvalue weighted by atomic mass is 10.1. The van der Waals surface area contributed by atoms with E-state index in [4.69, 9.17) is 4.74 Å². The molecule has 1 saturated carbocycles. The van der Waals surface area contributed by atoms with Crippen molar-refractivity contribution in [2.24, 2.45) is 20.0 Å². The maximum atomic E-state index is 12.9.